The molecule has 3 heterocycles. The Balaban J connectivity index is 1.72. The molecule has 1 fully saturated rings. The van der Waals surface area contributed by atoms with Crippen LogP contribution in [0.15, 0.2) is 24.3 Å². The number of rotatable bonds is 5. The van der Waals surface area contributed by atoms with E-state index in [0.717, 1.165) is 47.9 Å². The maximum atomic E-state index is 11.7. The van der Waals surface area contributed by atoms with Crippen LogP contribution in [0.5, 0.6) is 11.6 Å². The second-order valence-corrected chi connectivity index (χ2v) is 8.19. The Labute approximate surface area is 168 Å². The molecular weight excluding hydrogens is 374 g/mol. The first-order valence-corrected chi connectivity index (χ1v) is 10.2. The second kappa shape index (κ2) is 7.95. The van der Waals surface area contributed by atoms with E-state index in [4.69, 9.17) is 19.4 Å². The van der Waals surface area contributed by atoms with E-state index < -0.39 is 0 Å². The summed E-state index contributed by atoms with van der Waals surface area (Å²) in [5.74, 6) is 1.91. The molecule has 3 aromatic rings. The van der Waals surface area contributed by atoms with E-state index in [1.807, 2.05) is 12.1 Å². The van der Waals surface area contributed by atoms with Gasteiger partial charge < -0.3 is 9.47 Å². The number of fused-ring (bicyclic) bond motifs is 1. The van der Waals surface area contributed by atoms with Crippen LogP contribution in [0.25, 0.3) is 10.2 Å². The number of thiophene rings is 1. The summed E-state index contributed by atoms with van der Waals surface area (Å²) in [5, 5.41) is 0.946. The molecule has 146 valence electrons. The van der Waals surface area contributed by atoms with Crippen LogP contribution < -0.4 is 4.74 Å². The topological polar surface area (TPSA) is 64.5 Å². The van der Waals surface area contributed by atoms with Crippen molar-refractivity contribution in [1.29, 1.82) is 0 Å². The van der Waals surface area contributed by atoms with Gasteiger partial charge in [0.25, 0.3) is 0 Å². The number of carbonyl (C=O) groups excluding carboxylic acids is 1. The summed E-state index contributed by atoms with van der Waals surface area (Å²) >= 11 is 1.66. The van der Waals surface area contributed by atoms with Crippen LogP contribution in [0, 0.1) is 13.8 Å². The van der Waals surface area contributed by atoms with Gasteiger partial charge in [0.05, 0.1) is 25.1 Å². The number of hydrogen-bond acceptors (Lipinski definition) is 7. The highest BCUT2D eigenvalue weighted by Gasteiger charge is 2.19. The molecule has 1 aromatic carbocycles. The van der Waals surface area contributed by atoms with Gasteiger partial charge in [-0.1, -0.05) is 12.1 Å². The van der Waals surface area contributed by atoms with Gasteiger partial charge in [0.15, 0.2) is 5.78 Å². The molecule has 0 spiro atoms. The third-order valence-corrected chi connectivity index (χ3v) is 6.07. The Bertz CT molecular complexity index is 1030. The smallest absolute Gasteiger partial charge is 0.231 e. The zero-order valence-corrected chi connectivity index (χ0v) is 17.1. The molecule has 0 radical (unpaired) electrons. The van der Waals surface area contributed by atoms with E-state index in [-0.39, 0.29) is 5.78 Å². The molecule has 6 nitrogen and oxygen atoms in total. The van der Waals surface area contributed by atoms with Gasteiger partial charge in [-0.25, -0.2) is 4.98 Å². The molecule has 0 bridgehead atoms. The number of hydrogen-bond donors (Lipinski definition) is 0. The molecule has 0 amide bonds. The summed E-state index contributed by atoms with van der Waals surface area (Å²) in [6.45, 7) is 9.60. The maximum Gasteiger partial charge on any atom is 0.231 e. The Morgan fingerprint density at radius 3 is 2.79 bits per heavy atom. The number of nitrogens with zero attached hydrogens (tertiary/aromatic N) is 3. The molecule has 0 unspecified atom stereocenters. The molecule has 0 N–H and O–H groups in total. The first kappa shape index (κ1) is 19.0. The molecule has 1 aliphatic heterocycles. The van der Waals surface area contributed by atoms with Crippen molar-refractivity contribution in [2.75, 3.05) is 26.3 Å². The molecule has 0 aliphatic carbocycles. The number of morpholine rings is 1. The quantitative estimate of drug-likeness (QED) is 0.603. The molecule has 4 rings (SSSR count). The molecule has 1 saturated heterocycles. The minimum Gasteiger partial charge on any atom is -0.438 e. The van der Waals surface area contributed by atoms with Crippen molar-refractivity contribution in [2.24, 2.45) is 0 Å². The Morgan fingerprint density at radius 2 is 2.04 bits per heavy atom. The van der Waals surface area contributed by atoms with Gasteiger partial charge in [-0.3, -0.25) is 9.69 Å². The third-order valence-electron chi connectivity index (χ3n) is 4.97. The van der Waals surface area contributed by atoms with Crippen molar-refractivity contribution in [3.63, 3.8) is 0 Å². The summed E-state index contributed by atoms with van der Waals surface area (Å²) < 4.78 is 11.6. The number of benzene rings is 1. The molecule has 2 aromatic heterocycles. The van der Waals surface area contributed by atoms with Crippen LogP contribution in [0.3, 0.4) is 0 Å². The molecule has 0 atom stereocenters. The molecule has 0 saturated carbocycles. The monoisotopic (exact) mass is 397 g/mol. The van der Waals surface area contributed by atoms with Crippen molar-refractivity contribution < 1.29 is 14.3 Å². The lowest BCUT2D eigenvalue weighted by Gasteiger charge is -2.25. The summed E-state index contributed by atoms with van der Waals surface area (Å²) in [5.41, 5.74) is 1.75. The van der Waals surface area contributed by atoms with E-state index >= 15 is 0 Å². The zero-order chi connectivity index (χ0) is 19.7. The van der Waals surface area contributed by atoms with Gasteiger partial charge >= 0.3 is 0 Å². The van der Waals surface area contributed by atoms with Gasteiger partial charge in [-0.2, -0.15) is 4.98 Å². The average Bonchev–Trinajstić information content (AvgIpc) is 2.97. The van der Waals surface area contributed by atoms with Gasteiger partial charge in [0.2, 0.25) is 5.88 Å². The van der Waals surface area contributed by atoms with Crippen LogP contribution >= 0.6 is 11.3 Å². The highest BCUT2D eigenvalue weighted by molar-refractivity contribution is 7.18. The summed E-state index contributed by atoms with van der Waals surface area (Å²) in [6.07, 6.45) is 0. The Hall–Kier alpha value is -2.35. The lowest BCUT2D eigenvalue weighted by atomic mass is 10.1. The number of Topliss-reactive ketones (excluding diaryl/α,β-unsaturated/α-hetero) is 1. The van der Waals surface area contributed by atoms with Crippen molar-refractivity contribution in [3.05, 3.63) is 46.1 Å². The average molecular weight is 398 g/mol. The van der Waals surface area contributed by atoms with Crippen LogP contribution in [0.2, 0.25) is 0 Å². The number of ether oxygens (including phenoxy) is 2. The highest BCUT2D eigenvalue weighted by Crippen LogP contribution is 2.36. The molecule has 7 heteroatoms. The van der Waals surface area contributed by atoms with Gasteiger partial charge in [0.1, 0.15) is 16.4 Å². The van der Waals surface area contributed by atoms with Crippen LogP contribution in [-0.2, 0) is 11.3 Å². The lowest BCUT2D eigenvalue weighted by Crippen LogP contribution is -2.36. The van der Waals surface area contributed by atoms with Gasteiger partial charge in [0, 0.05) is 23.5 Å². The number of carbonyl (C=O) groups is 1. The fourth-order valence-corrected chi connectivity index (χ4v) is 4.29. The fourth-order valence-electron chi connectivity index (χ4n) is 3.25. The van der Waals surface area contributed by atoms with Crippen molar-refractivity contribution in [3.8, 4) is 11.6 Å². The second-order valence-electron chi connectivity index (χ2n) is 6.98. The Kier molecular flexibility index (Phi) is 5.39. The van der Waals surface area contributed by atoms with Crippen LogP contribution in [-0.4, -0.2) is 47.0 Å². The predicted molar refractivity (Wildman–Crippen MR) is 110 cm³/mol. The molecule has 1 aliphatic rings. The van der Waals surface area contributed by atoms with Crippen LogP contribution in [0.4, 0.5) is 0 Å². The summed E-state index contributed by atoms with van der Waals surface area (Å²) in [6, 6.07) is 7.21. The normalized spacial score (nSPS) is 15.1. The van der Waals surface area contributed by atoms with Crippen molar-refractivity contribution >= 4 is 27.3 Å². The lowest BCUT2D eigenvalue weighted by molar-refractivity contribution is 0.0330. The zero-order valence-electron chi connectivity index (χ0n) is 16.3. The molecular formula is C21H23N3O3S. The first-order chi connectivity index (χ1) is 13.5. The van der Waals surface area contributed by atoms with E-state index in [9.17, 15) is 4.79 Å². The van der Waals surface area contributed by atoms with E-state index in [2.05, 4.69) is 18.7 Å². The molecule has 28 heavy (non-hydrogen) atoms. The third kappa shape index (κ3) is 3.92. The van der Waals surface area contributed by atoms with Crippen molar-refractivity contribution in [2.45, 2.75) is 27.3 Å². The Morgan fingerprint density at radius 1 is 1.25 bits per heavy atom. The first-order valence-electron chi connectivity index (χ1n) is 9.37. The number of aryl methyl sites for hydroxylation is 2. The van der Waals surface area contributed by atoms with E-state index in [1.165, 1.54) is 4.88 Å². The van der Waals surface area contributed by atoms with E-state index in [0.29, 0.717) is 23.7 Å². The maximum absolute atomic E-state index is 11.7. The number of aromatic nitrogens is 2. The van der Waals surface area contributed by atoms with Crippen LogP contribution in [0.1, 0.15) is 33.5 Å². The predicted octanol–water partition coefficient (Wildman–Crippen LogP) is 4.14. The summed E-state index contributed by atoms with van der Waals surface area (Å²) in [4.78, 5) is 25.7. The standard InChI is InChI=1S/C21H23N3O3S/c1-13-15(3)28-21-19(13)20(27-17-6-4-5-16(11-17)14(2)25)22-18(23-21)12-24-7-9-26-10-8-24/h4-6,11H,7-10,12H2,1-3H3. The SMILES string of the molecule is CC(=O)c1cccc(Oc2nc(CN3CCOCC3)nc3sc(C)c(C)c23)c1. The highest BCUT2D eigenvalue weighted by atomic mass is 32.1. The number of ketones is 1. The summed E-state index contributed by atoms with van der Waals surface area (Å²) in [7, 11) is 0. The largest absolute Gasteiger partial charge is 0.438 e. The van der Waals surface area contributed by atoms with Gasteiger partial charge in [-0.05, 0) is 38.5 Å². The van der Waals surface area contributed by atoms with Gasteiger partial charge in [-0.15, -0.1) is 11.3 Å². The van der Waals surface area contributed by atoms with E-state index in [1.54, 1.807) is 30.4 Å². The minimum atomic E-state index is 0.00819. The minimum absolute atomic E-state index is 0.00819. The van der Waals surface area contributed by atoms with Crippen molar-refractivity contribution in [1.82, 2.24) is 14.9 Å². The fraction of sp³-hybridized carbons (Fsp3) is 0.381.